The summed E-state index contributed by atoms with van der Waals surface area (Å²) in [5.41, 5.74) is 1.95. The average Bonchev–Trinajstić information content (AvgIpc) is 3.11. The molecule has 1 heterocycles. The first kappa shape index (κ1) is 36.6. The van der Waals surface area contributed by atoms with E-state index < -0.39 is 11.9 Å². The summed E-state index contributed by atoms with van der Waals surface area (Å²) < 4.78 is 24.8. The van der Waals surface area contributed by atoms with E-state index in [0.717, 1.165) is 24.3 Å². The van der Waals surface area contributed by atoms with Crippen LogP contribution < -0.4 is 28.4 Å². The number of rotatable bonds is 16. The van der Waals surface area contributed by atoms with Gasteiger partial charge in [0.1, 0.15) is 29.6 Å². The first-order chi connectivity index (χ1) is 22.8. The molecule has 8 nitrogen and oxygen atoms in total. The van der Waals surface area contributed by atoms with E-state index in [1.165, 1.54) is 12.8 Å². The number of carbonyl (C=O) groups excluding carboxylic acids is 2. The minimum atomic E-state index is -0.499. The maximum Gasteiger partial charge on any atom is 0.343 e. The van der Waals surface area contributed by atoms with Gasteiger partial charge in [-0.25, -0.2) is 14.2 Å². The molecule has 4 aromatic rings. The zero-order valence-electron chi connectivity index (χ0n) is 28.6. The quantitative estimate of drug-likeness (QED) is 0.0694. The highest BCUT2D eigenvalue weighted by Crippen LogP contribution is 2.22. The third-order valence-corrected chi connectivity index (χ3v) is 7.46. The maximum atomic E-state index is 12.7. The Labute approximate surface area is 279 Å². The average molecular weight is 642 g/mol. The Bertz CT molecular complexity index is 1480. The van der Waals surface area contributed by atoms with Gasteiger partial charge in [-0.1, -0.05) is 47.0 Å². The monoisotopic (exact) mass is 641 g/mol. The third kappa shape index (κ3) is 12.1. The molecule has 1 atom stereocenters. The number of carbonyl (C=O) groups is 2. The number of nitrogens with zero attached hydrogens (tertiary/aromatic N) is 2. The molecule has 47 heavy (non-hydrogen) atoms. The summed E-state index contributed by atoms with van der Waals surface area (Å²) in [4.78, 5) is 27.3. The molecule has 0 radical (unpaired) electrons. The molecule has 8 heteroatoms. The third-order valence-electron chi connectivity index (χ3n) is 7.46. The number of aromatic nitrogens is 1. The molecular formula is C39H49N2O6+. The molecule has 0 bridgehead atoms. The molecule has 0 spiro atoms. The van der Waals surface area contributed by atoms with Gasteiger partial charge in [0, 0.05) is 31.9 Å². The lowest BCUT2D eigenvalue weighted by atomic mass is 10.0. The van der Waals surface area contributed by atoms with E-state index in [-0.39, 0.29) is 0 Å². The number of esters is 2. The topological polar surface area (TPSA) is 78.2 Å². The molecule has 1 unspecified atom stereocenters. The van der Waals surface area contributed by atoms with E-state index in [1.807, 2.05) is 52.5 Å². The molecule has 0 fully saturated rings. The van der Waals surface area contributed by atoms with Gasteiger partial charge in [-0.2, -0.15) is 0 Å². The van der Waals surface area contributed by atoms with Crippen molar-refractivity contribution in [3.05, 3.63) is 108 Å². The zero-order valence-corrected chi connectivity index (χ0v) is 28.6. The van der Waals surface area contributed by atoms with Gasteiger partial charge in [-0.05, 0) is 85.1 Å². The van der Waals surface area contributed by atoms with Crippen molar-refractivity contribution in [1.82, 2.24) is 0 Å². The van der Waals surface area contributed by atoms with Crippen LogP contribution >= 0.6 is 0 Å². The molecule has 0 aliphatic carbocycles. The van der Waals surface area contributed by atoms with Crippen LogP contribution in [0.2, 0.25) is 0 Å². The summed E-state index contributed by atoms with van der Waals surface area (Å²) in [5.74, 6) is 1.63. The second-order valence-electron chi connectivity index (χ2n) is 11.1. The molecule has 250 valence electrons. The molecule has 0 saturated carbocycles. The molecule has 0 aliphatic heterocycles. The van der Waals surface area contributed by atoms with Crippen molar-refractivity contribution in [2.24, 2.45) is 5.92 Å². The Kier molecular flexibility index (Phi) is 15.3. The first-order valence-corrected chi connectivity index (χ1v) is 16.5. The normalized spacial score (nSPS) is 11.0. The van der Waals surface area contributed by atoms with Crippen LogP contribution in [0.1, 0.15) is 74.1 Å². The van der Waals surface area contributed by atoms with Crippen LogP contribution in [0.4, 0.5) is 5.69 Å². The molecule has 0 amide bonds. The van der Waals surface area contributed by atoms with Gasteiger partial charge in [-0.3, -0.25) is 0 Å². The summed E-state index contributed by atoms with van der Waals surface area (Å²) in [5, 5.41) is 0. The van der Waals surface area contributed by atoms with Crippen LogP contribution in [0, 0.1) is 5.92 Å². The number of benzene rings is 3. The maximum absolute atomic E-state index is 12.7. The van der Waals surface area contributed by atoms with Gasteiger partial charge in [0.2, 0.25) is 0 Å². The van der Waals surface area contributed by atoms with Crippen molar-refractivity contribution >= 4 is 17.6 Å². The Hall–Kier alpha value is -4.85. The van der Waals surface area contributed by atoms with Crippen LogP contribution in [0.15, 0.2) is 97.3 Å². The smallest absolute Gasteiger partial charge is 0.343 e. The lowest BCUT2D eigenvalue weighted by Crippen LogP contribution is -2.35. The van der Waals surface area contributed by atoms with Crippen molar-refractivity contribution < 1.29 is 33.1 Å². The fourth-order valence-electron chi connectivity index (χ4n) is 4.56. The predicted molar refractivity (Wildman–Crippen MR) is 186 cm³/mol. The molecule has 0 aliphatic rings. The number of hydrogen-bond donors (Lipinski definition) is 0. The van der Waals surface area contributed by atoms with Crippen molar-refractivity contribution in [3.63, 3.8) is 0 Å². The highest BCUT2D eigenvalue weighted by Gasteiger charge is 2.13. The van der Waals surface area contributed by atoms with E-state index in [9.17, 15) is 9.59 Å². The molecule has 0 saturated heterocycles. The van der Waals surface area contributed by atoms with E-state index in [2.05, 4.69) is 23.3 Å². The highest BCUT2D eigenvalue weighted by molar-refractivity contribution is 5.92. The molecular weight excluding hydrogens is 592 g/mol. The van der Waals surface area contributed by atoms with Gasteiger partial charge in [0.15, 0.2) is 18.9 Å². The van der Waals surface area contributed by atoms with Crippen molar-refractivity contribution in [3.8, 4) is 23.0 Å². The van der Waals surface area contributed by atoms with Crippen molar-refractivity contribution in [1.29, 1.82) is 0 Å². The first-order valence-electron chi connectivity index (χ1n) is 16.5. The minimum absolute atomic E-state index is 0.336. The Morgan fingerprint density at radius 3 is 1.60 bits per heavy atom. The summed E-state index contributed by atoms with van der Waals surface area (Å²) in [7, 11) is 4.01. The van der Waals surface area contributed by atoms with Gasteiger partial charge in [0.25, 0.3) is 0 Å². The van der Waals surface area contributed by atoms with Gasteiger partial charge in [0.05, 0.1) is 17.7 Å². The van der Waals surface area contributed by atoms with Crippen LogP contribution in [-0.2, 0) is 6.54 Å². The SMILES string of the molecule is CC.CCCCC(CC)COc1ccc(C(=O)Oc2ccc(OC(=O)c3ccc(OCC[n+]4ccc(N(C)C)cc4)cc3)cc2)cc1. The Morgan fingerprint density at radius 2 is 1.15 bits per heavy atom. The Balaban J connectivity index is 0.00000294. The van der Waals surface area contributed by atoms with Gasteiger partial charge in [-0.15, -0.1) is 0 Å². The Morgan fingerprint density at radius 1 is 0.681 bits per heavy atom. The molecule has 1 aromatic heterocycles. The summed E-state index contributed by atoms with van der Waals surface area (Å²) >= 11 is 0. The van der Waals surface area contributed by atoms with E-state index in [0.29, 0.717) is 54.1 Å². The number of anilines is 1. The van der Waals surface area contributed by atoms with E-state index in [1.54, 1.807) is 72.8 Å². The van der Waals surface area contributed by atoms with Crippen molar-refractivity contribution in [2.75, 3.05) is 32.2 Å². The fraction of sp³-hybridized carbons (Fsp3) is 0.359. The van der Waals surface area contributed by atoms with Crippen LogP contribution in [0.5, 0.6) is 23.0 Å². The number of pyridine rings is 1. The van der Waals surface area contributed by atoms with Crippen LogP contribution in [-0.4, -0.2) is 39.2 Å². The molecule has 0 N–H and O–H groups in total. The summed E-state index contributed by atoms with van der Waals surface area (Å²) in [6, 6.07) is 24.2. The van der Waals surface area contributed by atoms with E-state index >= 15 is 0 Å². The highest BCUT2D eigenvalue weighted by atomic mass is 16.5. The summed E-state index contributed by atoms with van der Waals surface area (Å²) in [6.45, 7) is 10.2. The largest absolute Gasteiger partial charge is 0.493 e. The molecule has 4 rings (SSSR count). The number of ether oxygens (including phenoxy) is 4. The molecule has 3 aromatic carbocycles. The van der Waals surface area contributed by atoms with Gasteiger partial charge >= 0.3 is 11.9 Å². The predicted octanol–water partition coefficient (Wildman–Crippen LogP) is 8.18. The number of unbranched alkanes of at least 4 members (excludes halogenated alkanes) is 1. The minimum Gasteiger partial charge on any atom is -0.493 e. The summed E-state index contributed by atoms with van der Waals surface area (Å²) in [6.07, 6.45) is 8.65. The lowest BCUT2D eigenvalue weighted by Gasteiger charge is -2.15. The second kappa shape index (κ2) is 19.6. The lowest BCUT2D eigenvalue weighted by molar-refractivity contribution is -0.697. The zero-order chi connectivity index (χ0) is 34.0. The fourth-order valence-corrected chi connectivity index (χ4v) is 4.56. The number of hydrogen-bond acceptors (Lipinski definition) is 7. The second-order valence-corrected chi connectivity index (χ2v) is 11.1. The van der Waals surface area contributed by atoms with Gasteiger partial charge < -0.3 is 23.8 Å². The van der Waals surface area contributed by atoms with Crippen LogP contribution in [0.3, 0.4) is 0 Å². The van der Waals surface area contributed by atoms with Crippen LogP contribution in [0.25, 0.3) is 0 Å². The standard InChI is InChI=1S/C37H43N2O6.C2H6/c1-5-7-8-28(6-2)27-43-33-15-11-30(12-16-33)37(41)45-35-19-17-34(18-20-35)44-36(40)29-9-13-32(14-10-29)42-26-25-39-23-21-31(22-24-39)38(3)4;1-2/h9-24,28H,5-8,25-27H2,1-4H3;1-2H3/q+1;. The van der Waals surface area contributed by atoms with Crippen molar-refractivity contribution in [2.45, 2.75) is 59.9 Å². The van der Waals surface area contributed by atoms with E-state index in [4.69, 9.17) is 18.9 Å².